The van der Waals surface area contributed by atoms with Gasteiger partial charge in [-0.2, -0.15) is 0 Å². The lowest BCUT2D eigenvalue weighted by molar-refractivity contribution is -0.160. The van der Waals surface area contributed by atoms with Gasteiger partial charge in [-0.25, -0.2) is 4.57 Å². The van der Waals surface area contributed by atoms with Crippen LogP contribution in [-0.4, -0.2) is 37.8 Å². The quantitative estimate of drug-likeness (QED) is 0.0765. The van der Waals surface area contributed by atoms with Crippen molar-refractivity contribution in [3.63, 3.8) is 0 Å². The molecule has 0 aliphatic carbocycles. The number of esters is 2. The second-order valence-corrected chi connectivity index (χ2v) is 9.52. The molecule has 0 heterocycles. The standard InChI is InChI=1S/C26H50NO6P/c1-2-3-4-5-6-7-8-10-14-17-20-26(29)33-24(23-32-34-30)22-31-25(28)19-16-13-11-9-12-15-18-21-27/h24H,2-23,27H2,1H3/t24-/m1/s1. The van der Waals surface area contributed by atoms with E-state index in [1.54, 1.807) is 0 Å². The van der Waals surface area contributed by atoms with Crippen LogP contribution in [0.3, 0.4) is 0 Å². The number of carbonyl (C=O) groups is 2. The van der Waals surface area contributed by atoms with Crippen molar-refractivity contribution in [1.82, 2.24) is 0 Å². The van der Waals surface area contributed by atoms with Crippen LogP contribution in [0, 0.1) is 0 Å². The van der Waals surface area contributed by atoms with Crippen molar-refractivity contribution in [3.8, 4) is 0 Å². The third kappa shape index (κ3) is 24.1. The summed E-state index contributed by atoms with van der Waals surface area (Å²) in [6.07, 6.45) is 19.4. The van der Waals surface area contributed by atoms with Crippen LogP contribution in [0.15, 0.2) is 0 Å². The molecule has 0 aliphatic heterocycles. The Morgan fingerprint density at radius 3 is 1.65 bits per heavy atom. The monoisotopic (exact) mass is 503 g/mol. The molecule has 0 unspecified atom stereocenters. The van der Waals surface area contributed by atoms with E-state index >= 15 is 0 Å². The molecule has 1 atom stereocenters. The van der Waals surface area contributed by atoms with Crippen molar-refractivity contribution < 1.29 is 28.2 Å². The smallest absolute Gasteiger partial charge is 0.327 e. The lowest BCUT2D eigenvalue weighted by atomic mass is 10.1. The normalized spacial score (nSPS) is 12.1. The lowest BCUT2D eigenvalue weighted by Crippen LogP contribution is -2.28. The van der Waals surface area contributed by atoms with Crippen molar-refractivity contribution >= 4 is 20.6 Å². The summed E-state index contributed by atoms with van der Waals surface area (Å²) in [5, 5.41) is 0. The SMILES string of the molecule is CCCCCCCCCCCCC(=O)O[C@@H](COP=O)COC(=O)CCCCCCCCCN. The summed E-state index contributed by atoms with van der Waals surface area (Å²) in [5.41, 5.74) is 5.48. The van der Waals surface area contributed by atoms with Crippen molar-refractivity contribution in [2.45, 2.75) is 135 Å². The highest BCUT2D eigenvalue weighted by Gasteiger charge is 2.17. The highest BCUT2D eigenvalue weighted by atomic mass is 31.1. The highest BCUT2D eigenvalue weighted by Crippen LogP contribution is 2.13. The van der Waals surface area contributed by atoms with E-state index < -0.39 is 14.8 Å². The van der Waals surface area contributed by atoms with Gasteiger partial charge in [0.2, 0.25) is 0 Å². The molecule has 0 aromatic rings. The molecule has 0 radical (unpaired) electrons. The highest BCUT2D eigenvalue weighted by molar-refractivity contribution is 7.17. The average Bonchev–Trinajstić information content (AvgIpc) is 2.83. The Balaban J connectivity index is 3.85. The minimum absolute atomic E-state index is 0.0646. The van der Waals surface area contributed by atoms with Crippen LogP contribution < -0.4 is 5.73 Å². The third-order valence-corrected chi connectivity index (χ3v) is 6.12. The predicted octanol–water partition coefficient (Wildman–Crippen LogP) is 7.06. The zero-order valence-electron chi connectivity index (χ0n) is 21.6. The molecule has 0 fully saturated rings. The van der Waals surface area contributed by atoms with Crippen LogP contribution in [0.5, 0.6) is 0 Å². The number of hydrogen-bond acceptors (Lipinski definition) is 7. The summed E-state index contributed by atoms with van der Waals surface area (Å²) in [5.74, 6) is -0.639. The minimum Gasteiger partial charge on any atom is -0.462 e. The van der Waals surface area contributed by atoms with E-state index in [-0.39, 0.29) is 25.2 Å². The largest absolute Gasteiger partial charge is 0.462 e. The van der Waals surface area contributed by atoms with Gasteiger partial charge in [-0.05, 0) is 25.8 Å². The molecule has 200 valence electrons. The fourth-order valence-corrected chi connectivity index (χ4v) is 4.01. The lowest BCUT2D eigenvalue weighted by Gasteiger charge is -2.16. The van der Waals surface area contributed by atoms with E-state index in [0.717, 1.165) is 57.9 Å². The molecule has 34 heavy (non-hydrogen) atoms. The minimum atomic E-state index is -0.733. The number of carbonyl (C=O) groups excluding carboxylic acids is 2. The zero-order valence-corrected chi connectivity index (χ0v) is 22.5. The van der Waals surface area contributed by atoms with Gasteiger partial charge in [0.05, 0.1) is 0 Å². The van der Waals surface area contributed by atoms with Crippen LogP contribution in [0.25, 0.3) is 0 Å². The molecule has 8 heteroatoms. The van der Waals surface area contributed by atoms with E-state index in [1.165, 1.54) is 57.8 Å². The van der Waals surface area contributed by atoms with Gasteiger partial charge >= 0.3 is 20.6 Å². The summed E-state index contributed by atoms with van der Waals surface area (Å²) in [6.45, 7) is 2.84. The van der Waals surface area contributed by atoms with Gasteiger partial charge in [0.25, 0.3) is 0 Å². The van der Waals surface area contributed by atoms with Crippen LogP contribution in [0.1, 0.15) is 129 Å². The fraction of sp³-hybridized carbons (Fsp3) is 0.923. The van der Waals surface area contributed by atoms with Gasteiger partial charge < -0.3 is 15.2 Å². The van der Waals surface area contributed by atoms with Crippen LogP contribution >= 0.6 is 8.69 Å². The van der Waals surface area contributed by atoms with Gasteiger partial charge in [-0.15, -0.1) is 0 Å². The summed E-state index contributed by atoms with van der Waals surface area (Å²) in [4.78, 5) is 24.1. The van der Waals surface area contributed by atoms with E-state index in [1.807, 2.05) is 0 Å². The molecule has 0 aromatic carbocycles. The van der Waals surface area contributed by atoms with Gasteiger partial charge in [0.15, 0.2) is 6.10 Å². The maximum absolute atomic E-state index is 12.1. The van der Waals surface area contributed by atoms with Crippen molar-refractivity contribution in [2.75, 3.05) is 19.8 Å². The second kappa shape index (κ2) is 26.6. The Morgan fingerprint density at radius 1 is 0.676 bits per heavy atom. The van der Waals surface area contributed by atoms with Crippen molar-refractivity contribution in [1.29, 1.82) is 0 Å². The number of hydrogen-bond donors (Lipinski definition) is 1. The summed E-state index contributed by atoms with van der Waals surface area (Å²) in [7, 11) is -0.490. The molecule has 0 aliphatic rings. The Bertz CT molecular complexity index is 492. The number of ether oxygens (including phenoxy) is 2. The molecule has 0 saturated heterocycles. The number of rotatable bonds is 26. The fourth-order valence-electron chi connectivity index (χ4n) is 3.79. The zero-order chi connectivity index (χ0) is 25.1. The Hall–Kier alpha value is -1.04. The maximum Gasteiger partial charge on any atom is 0.327 e. The molecule has 2 N–H and O–H groups in total. The third-order valence-electron chi connectivity index (χ3n) is 5.86. The molecule has 0 bridgehead atoms. The molecule has 0 spiro atoms. The van der Waals surface area contributed by atoms with Crippen LogP contribution in [0.4, 0.5) is 0 Å². The van der Waals surface area contributed by atoms with E-state index in [9.17, 15) is 14.2 Å². The van der Waals surface area contributed by atoms with Crippen molar-refractivity contribution in [3.05, 3.63) is 0 Å². The Morgan fingerprint density at radius 2 is 1.15 bits per heavy atom. The molecule has 0 saturated carbocycles. The maximum atomic E-state index is 12.1. The molecular weight excluding hydrogens is 453 g/mol. The first kappa shape index (κ1) is 33.0. The van der Waals surface area contributed by atoms with Gasteiger partial charge in [0, 0.05) is 12.8 Å². The van der Waals surface area contributed by atoms with E-state index in [2.05, 4.69) is 6.92 Å². The number of nitrogens with two attached hydrogens (primary N) is 1. The van der Waals surface area contributed by atoms with Crippen molar-refractivity contribution in [2.24, 2.45) is 5.73 Å². The molecule has 0 amide bonds. The molecule has 0 aromatic heterocycles. The van der Waals surface area contributed by atoms with Gasteiger partial charge in [0.1, 0.15) is 13.2 Å². The second-order valence-electron chi connectivity index (χ2n) is 9.11. The summed E-state index contributed by atoms with van der Waals surface area (Å²) in [6, 6.07) is 0. The first-order chi connectivity index (χ1) is 16.6. The first-order valence-corrected chi connectivity index (χ1v) is 14.4. The number of unbranched alkanes of at least 4 members (excludes halogenated alkanes) is 15. The summed E-state index contributed by atoms with van der Waals surface area (Å²) >= 11 is 0. The van der Waals surface area contributed by atoms with E-state index in [4.69, 9.17) is 19.7 Å². The van der Waals surface area contributed by atoms with Crippen LogP contribution in [0.2, 0.25) is 0 Å². The molecule has 7 nitrogen and oxygen atoms in total. The van der Waals surface area contributed by atoms with Gasteiger partial charge in [-0.3, -0.25) is 14.1 Å². The average molecular weight is 504 g/mol. The Kier molecular flexibility index (Phi) is 25.8. The van der Waals surface area contributed by atoms with Crippen LogP contribution in [-0.2, 0) is 28.2 Å². The predicted molar refractivity (Wildman–Crippen MR) is 137 cm³/mol. The van der Waals surface area contributed by atoms with E-state index in [0.29, 0.717) is 12.8 Å². The molecule has 0 rings (SSSR count). The Labute approximate surface area is 209 Å². The first-order valence-electron chi connectivity index (χ1n) is 13.6. The topological polar surface area (TPSA) is 105 Å². The molecular formula is C26H50NO6P. The van der Waals surface area contributed by atoms with Gasteiger partial charge in [-0.1, -0.05) is 96.8 Å². The summed E-state index contributed by atoms with van der Waals surface area (Å²) < 4.78 is 26.1.